The molecular formula is C23H27N3O4. The molecule has 0 spiro atoms. The van der Waals surface area contributed by atoms with Crippen LogP contribution in [0.2, 0.25) is 0 Å². The summed E-state index contributed by atoms with van der Waals surface area (Å²) < 4.78 is 16.8. The van der Waals surface area contributed by atoms with E-state index >= 15 is 0 Å². The van der Waals surface area contributed by atoms with Crippen LogP contribution in [0.3, 0.4) is 0 Å². The van der Waals surface area contributed by atoms with E-state index in [-0.39, 0.29) is 11.8 Å². The van der Waals surface area contributed by atoms with Gasteiger partial charge in [0, 0.05) is 19.6 Å². The third-order valence-electron chi connectivity index (χ3n) is 5.34. The molecule has 1 aliphatic heterocycles. The molecule has 1 aliphatic rings. The molecule has 7 nitrogen and oxygen atoms in total. The van der Waals surface area contributed by atoms with E-state index in [1.807, 2.05) is 49.4 Å². The van der Waals surface area contributed by atoms with Crippen molar-refractivity contribution in [2.24, 2.45) is 5.92 Å². The Hall–Kier alpha value is -3.22. The number of carbonyl (C=O) groups is 1. The van der Waals surface area contributed by atoms with Gasteiger partial charge in [-0.2, -0.15) is 4.98 Å². The number of oxazole rings is 1. The lowest BCUT2D eigenvalue weighted by molar-refractivity contribution is -0.125. The third-order valence-corrected chi connectivity index (χ3v) is 5.34. The number of fused-ring (bicyclic) bond motifs is 1. The van der Waals surface area contributed by atoms with Gasteiger partial charge in [-0.25, -0.2) is 0 Å². The van der Waals surface area contributed by atoms with E-state index in [4.69, 9.17) is 13.9 Å². The molecule has 1 saturated heterocycles. The number of carbonyl (C=O) groups excluding carboxylic acids is 1. The minimum atomic E-state index is -0.0987. The Labute approximate surface area is 176 Å². The summed E-state index contributed by atoms with van der Waals surface area (Å²) in [6.45, 7) is 4.39. The summed E-state index contributed by atoms with van der Waals surface area (Å²) in [7, 11) is 1.61. The van der Waals surface area contributed by atoms with Crippen molar-refractivity contribution in [2.75, 3.05) is 31.7 Å². The number of piperidine rings is 1. The number of hydrogen-bond acceptors (Lipinski definition) is 6. The summed E-state index contributed by atoms with van der Waals surface area (Å²) in [6.07, 6.45) is 1.78. The van der Waals surface area contributed by atoms with E-state index < -0.39 is 0 Å². The minimum Gasteiger partial charge on any atom is -0.493 e. The number of ether oxygens (including phenoxy) is 2. The molecule has 7 heteroatoms. The van der Waals surface area contributed by atoms with Crippen molar-refractivity contribution in [1.29, 1.82) is 0 Å². The van der Waals surface area contributed by atoms with E-state index in [2.05, 4.69) is 15.2 Å². The molecule has 0 aliphatic carbocycles. The fourth-order valence-electron chi connectivity index (χ4n) is 3.79. The molecule has 2 heterocycles. The fourth-order valence-corrected chi connectivity index (χ4v) is 3.79. The predicted molar refractivity (Wildman–Crippen MR) is 115 cm³/mol. The summed E-state index contributed by atoms with van der Waals surface area (Å²) in [5.74, 6) is 1.32. The Bertz CT molecular complexity index is 984. The molecule has 4 rings (SSSR count). The Morgan fingerprint density at radius 1 is 1.27 bits per heavy atom. The van der Waals surface area contributed by atoms with Crippen LogP contribution in [0.1, 0.15) is 25.3 Å². The molecular weight excluding hydrogens is 382 g/mol. The molecule has 1 atom stereocenters. The van der Waals surface area contributed by atoms with Gasteiger partial charge in [0.2, 0.25) is 5.91 Å². The Morgan fingerprint density at radius 3 is 2.93 bits per heavy atom. The standard InChI is InChI=1S/C23H27N3O4/c1-3-29-20-11-10-16(13-21(20)28-2)14-24-22(27)17-7-6-12-26(15-17)23-25-18-8-4-5-9-19(18)30-23/h4-5,8-11,13,17H,3,6-7,12,14-15H2,1-2H3,(H,24,27)/t17-/m0/s1. The zero-order valence-corrected chi connectivity index (χ0v) is 17.4. The third kappa shape index (κ3) is 4.35. The van der Waals surface area contributed by atoms with Crippen LogP contribution < -0.4 is 19.7 Å². The van der Waals surface area contributed by atoms with E-state index in [1.165, 1.54) is 0 Å². The lowest BCUT2D eigenvalue weighted by atomic mass is 9.97. The summed E-state index contributed by atoms with van der Waals surface area (Å²) in [6, 6.07) is 14.0. The topological polar surface area (TPSA) is 76.8 Å². The number of hydrogen-bond donors (Lipinski definition) is 1. The molecule has 158 valence electrons. The van der Waals surface area contributed by atoms with Crippen LogP contribution in [-0.2, 0) is 11.3 Å². The molecule has 1 fully saturated rings. The van der Waals surface area contributed by atoms with Crippen molar-refractivity contribution in [3.63, 3.8) is 0 Å². The van der Waals surface area contributed by atoms with Gasteiger partial charge in [0.05, 0.1) is 19.6 Å². The first kappa shape index (κ1) is 20.1. The number of rotatable bonds is 7. The smallest absolute Gasteiger partial charge is 0.298 e. The second-order valence-electron chi connectivity index (χ2n) is 7.39. The van der Waals surface area contributed by atoms with E-state index in [0.29, 0.717) is 37.2 Å². The molecule has 30 heavy (non-hydrogen) atoms. The van der Waals surface area contributed by atoms with Crippen molar-refractivity contribution in [2.45, 2.75) is 26.3 Å². The van der Waals surface area contributed by atoms with Crippen molar-refractivity contribution in [1.82, 2.24) is 10.3 Å². The number of methoxy groups -OCH3 is 1. The second kappa shape index (κ2) is 9.07. The normalized spacial score (nSPS) is 16.5. The molecule has 2 aromatic carbocycles. The maximum atomic E-state index is 12.8. The van der Waals surface area contributed by atoms with Gasteiger partial charge in [-0.15, -0.1) is 0 Å². The van der Waals surface area contributed by atoms with Crippen molar-refractivity contribution < 1.29 is 18.7 Å². The van der Waals surface area contributed by atoms with Gasteiger partial charge in [0.1, 0.15) is 5.52 Å². The molecule has 1 aromatic heterocycles. The van der Waals surface area contributed by atoms with Crippen LogP contribution in [0.4, 0.5) is 6.01 Å². The van der Waals surface area contributed by atoms with Gasteiger partial charge < -0.3 is 24.1 Å². The summed E-state index contributed by atoms with van der Waals surface area (Å²) in [4.78, 5) is 19.4. The fraction of sp³-hybridized carbons (Fsp3) is 0.391. The average Bonchev–Trinajstić information content (AvgIpc) is 3.23. The van der Waals surface area contributed by atoms with Crippen molar-refractivity contribution in [3.8, 4) is 11.5 Å². The molecule has 0 bridgehead atoms. The molecule has 0 unspecified atom stereocenters. The number of nitrogens with one attached hydrogen (secondary N) is 1. The molecule has 1 amide bonds. The first-order valence-corrected chi connectivity index (χ1v) is 10.4. The highest BCUT2D eigenvalue weighted by Gasteiger charge is 2.28. The van der Waals surface area contributed by atoms with Crippen LogP contribution >= 0.6 is 0 Å². The minimum absolute atomic E-state index is 0.0451. The van der Waals surface area contributed by atoms with Crippen molar-refractivity contribution in [3.05, 3.63) is 48.0 Å². The highest BCUT2D eigenvalue weighted by Crippen LogP contribution is 2.29. The highest BCUT2D eigenvalue weighted by atomic mass is 16.5. The van der Waals surface area contributed by atoms with Gasteiger partial charge in [-0.1, -0.05) is 18.2 Å². The number of nitrogens with zero attached hydrogens (tertiary/aromatic N) is 2. The number of anilines is 1. The van der Waals surface area contributed by atoms with Crippen LogP contribution in [0, 0.1) is 5.92 Å². The maximum Gasteiger partial charge on any atom is 0.298 e. The molecule has 0 saturated carbocycles. The Morgan fingerprint density at radius 2 is 2.13 bits per heavy atom. The molecule has 0 radical (unpaired) electrons. The van der Waals surface area contributed by atoms with E-state index in [1.54, 1.807) is 7.11 Å². The second-order valence-corrected chi connectivity index (χ2v) is 7.39. The van der Waals surface area contributed by atoms with Crippen LogP contribution in [0.25, 0.3) is 11.1 Å². The van der Waals surface area contributed by atoms with Gasteiger partial charge in [-0.05, 0) is 49.6 Å². The lowest BCUT2D eigenvalue weighted by Gasteiger charge is -2.30. The molecule has 3 aromatic rings. The summed E-state index contributed by atoms with van der Waals surface area (Å²) >= 11 is 0. The van der Waals surface area contributed by atoms with Crippen molar-refractivity contribution >= 4 is 23.0 Å². The summed E-state index contributed by atoms with van der Waals surface area (Å²) in [5, 5.41) is 3.06. The van der Waals surface area contributed by atoms with Gasteiger partial charge in [-0.3, -0.25) is 4.79 Å². The Balaban J connectivity index is 1.37. The zero-order chi connectivity index (χ0) is 20.9. The first-order chi connectivity index (χ1) is 14.7. The maximum absolute atomic E-state index is 12.8. The monoisotopic (exact) mass is 409 g/mol. The van der Waals surface area contributed by atoms with E-state index in [9.17, 15) is 4.79 Å². The quantitative estimate of drug-likeness (QED) is 0.640. The number of aromatic nitrogens is 1. The largest absolute Gasteiger partial charge is 0.493 e. The average molecular weight is 409 g/mol. The van der Waals surface area contributed by atoms with Crippen LogP contribution in [-0.4, -0.2) is 37.7 Å². The van der Waals surface area contributed by atoms with Gasteiger partial charge >= 0.3 is 0 Å². The number of amides is 1. The number of para-hydroxylation sites is 2. The van der Waals surface area contributed by atoms with Crippen LogP contribution in [0.15, 0.2) is 46.9 Å². The Kier molecular flexibility index (Phi) is 6.07. The lowest BCUT2D eigenvalue weighted by Crippen LogP contribution is -2.43. The SMILES string of the molecule is CCOc1ccc(CNC(=O)[C@H]2CCCN(c3nc4ccccc4o3)C2)cc1OC. The number of benzene rings is 2. The van der Waals surface area contributed by atoms with Crippen LogP contribution in [0.5, 0.6) is 11.5 Å². The van der Waals surface area contributed by atoms with Gasteiger partial charge in [0.25, 0.3) is 6.01 Å². The summed E-state index contributed by atoms with van der Waals surface area (Å²) in [5.41, 5.74) is 2.57. The highest BCUT2D eigenvalue weighted by molar-refractivity contribution is 5.80. The molecule has 1 N–H and O–H groups in total. The van der Waals surface area contributed by atoms with Gasteiger partial charge in [0.15, 0.2) is 17.1 Å². The predicted octanol–water partition coefficient (Wildman–Crippen LogP) is 3.77. The van der Waals surface area contributed by atoms with E-state index in [0.717, 1.165) is 36.0 Å². The zero-order valence-electron chi connectivity index (χ0n) is 17.4. The first-order valence-electron chi connectivity index (χ1n) is 10.4.